The van der Waals surface area contributed by atoms with Gasteiger partial charge in [0.25, 0.3) is 5.56 Å². The van der Waals surface area contributed by atoms with Crippen molar-refractivity contribution in [1.29, 1.82) is 0 Å². The number of ketones is 1. The van der Waals surface area contributed by atoms with Crippen LogP contribution >= 0.6 is 15.9 Å². The predicted octanol–water partition coefficient (Wildman–Crippen LogP) is 4.27. The Morgan fingerprint density at radius 1 is 1.32 bits per heavy atom. The van der Waals surface area contributed by atoms with Crippen molar-refractivity contribution >= 4 is 33.1 Å². The third kappa shape index (κ3) is 4.16. The van der Waals surface area contributed by atoms with Crippen molar-refractivity contribution in [3.63, 3.8) is 0 Å². The molecule has 0 spiro atoms. The number of carbonyl (C=O) groups is 1. The number of rotatable bonds is 7. The zero-order valence-electron chi connectivity index (χ0n) is 18.4. The molecule has 0 aliphatic heterocycles. The highest BCUT2D eigenvalue weighted by Crippen LogP contribution is 2.61. The molecule has 6 nitrogen and oxygen atoms in total. The number of benzene rings is 1. The second kappa shape index (κ2) is 8.41. The van der Waals surface area contributed by atoms with E-state index in [1.807, 2.05) is 24.3 Å². The number of Topliss-reactive ketones (excluding diaryl/α,β-unsaturated/α-hetero) is 1. The van der Waals surface area contributed by atoms with E-state index in [9.17, 15) is 9.59 Å². The van der Waals surface area contributed by atoms with E-state index in [2.05, 4.69) is 47.1 Å². The lowest BCUT2D eigenvalue weighted by Crippen LogP contribution is -2.58. The number of aromatic nitrogens is 2. The molecule has 1 aromatic heterocycles. The van der Waals surface area contributed by atoms with Crippen LogP contribution in [-0.2, 0) is 17.8 Å². The summed E-state index contributed by atoms with van der Waals surface area (Å²) in [5.74, 6) is 1.94. The van der Waals surface area contributed by atoms with E-state index in [-0.39, 0.29) is 17.9 Å². The van der Waals surface area contributed by atoms with Crippen molar-refractivity contribution in [1.82, 2.24) is 9.78 Å². The standard InChI is InChI=1S/C24H31BrN4O2/c1-14-18-10-16(24(18,2)3)11-20(14)28-21-12-27-29(23(31)22(21)25)13-17(30)9-8-15-6-4-5-7-19(15)26/h4-7,12,14,16,18,20,28H,8-11,13,26H2,1-3H3/t14-,16-,18+,20-/m1/s1. The average molecular weight is 487 g/mol. The molecular formula is C24H31BrN4O2. The summed E-state index contributed by atoms with van der Waals surface area (Å²) < 4.78 is 1.67. The molecule has 0 radical (unpaired) electrons. The maximum atomic E-state index is 12.8. The number of nitrogen functional groups attached to an aromatic ring is 1. The summed E-state index contributed by atoms with van der Waals surface area (Å²) in [5.41, 5.74) is 8.41. The molecule has 3 saturated carbocycles. The van der Waals surface area contributed by atoms with Gasteiger partial charge < -0.3 is 11.1 Å². The molecule has 2 bridgehead atoms. The van der Waals surface area contributed by atoms with E-state index in [0.29, 0.717) is 52.0 Å². The van der Waals surface area contributed by atoms with Crippen LogP contribution in [0.5, 0.6) is 0 Å². The minimum atomic E-state index is -0.286. The number of carbonyl (C=O) groups excluding carboxylic acids is 1. The normalized spacial score (nSPS) is 26.2. The molecule has 31 heavy (non-hydrogen) atoms. The molecule has 2 aromatic rings. The maximum absolute atomic E-state index is 12.8. The van der Waals surface area contributed by atoms with Gasteiger partial charge in [-0.1, -0.05) is 39.0 Å². The predicted molar refractivity (Wildman–Crippen MR) is 127 cm³/mol. The summed E-state index contributed by atoms with van der Waals surface area (Å²) in [5, 5.41) is 7.82. The summed E-state index contributed by atoms with van der Waals surface area (Å²) in [7, 11) is 0. The lowest BCUT2D eigenvalue weighted by Gasteiger charge is -2.62. The van der Waals surface area contributed by atoms with Gasteiger partial charge in [-0.25, -0.2) is 4.68 Å². The summed E-state index contributed by atoms with van der Waals surface area (Å²) in [6.07, 6.45) is 4.95. The molecular weight excluding hydrogens is 456 g/mol. The first-order chi connectivity index (χ1) is 14.7. The van der Waals surface area contributed by atoms with Gasteiger partial charge in [-0.15, -0.1) is 0 Å². The molecule has 5 rings (SSSR count). The molecule has 1 aromatic carbocycles. The molecule has 0 saturated heterocycles. The third-order valence-electron chi connectivity index (χ3n) is 7.73. The van der Waals surface area contributed by atoms with Crippen LogP contribution in [0.2, 0.25) is 0 Å². The first kappa shape index (κ1) is 22.1. The fourth-order valence-electron chi connectivity index (χ4n) is 5.50. The zero-order valence-corrected chi connectivity index (χ0v) is 20.0. The topological polar surface area (TPSA) is 90.0 Å². The van der Waals surface area contributed by atoms with Crippen LogP contribution in [0.3, 0.4) is 0 Å². The molecule has 4 atom stereocenters. The fourth-order valence-corrected chi connectivity index (χ4v) is 5.92. The van der Waals surface area contributed by atoms with Gasteiger partial charge in [-0.2, -0.15) is 5.10 Å². The largest absolute Gasteiger partial charge is 0.399 e. The summed E-state index contributed by atoms with van der Waals surface area (Å²) in [4.78, 5) is 25.2. The van der Waals surface area contributed by atoms with Crippen molar-refractivity contribution in [3.8, 4) is 0 Å². The molecule has 3 fully saturated rings. The number of nitrogens with two attached hydrogens (primary N) is 1. The van der Waals surface area contributed by atoms with Gasteiger partial charge in [0.05, 0.1) is 11.9 Å². The van der Waals surface area contributed by atoms with E-state index >= 15 is 0 Å². The number of nitrogens with one attached hydrogen (secondary N) is 1. The molecule has 1 heterocycles. The number of hydrogen-bond acceptors (Lipinski definition) is 5. The number of anilines is 2. The second-order valence-electron chi connectivity index (χ2n) is 9.78. The number of para-hydroxylation sites is 1. The van der Waals surface area contributed by atoms with Crippen LogP contribution in [0.15, 0.2) is 39.7 Å². The molecule has 166 valence electrons. The zero-order chi connectivity index (χ0) is 22.3. The first-order valence-electron chi connectivity index (χ1n) is 11.1. The molecule has 3 N–H and O–H groups in total. The highest BCUT2D eigenvalue weighted by Gasteiger charge is 2.56. The van der Waals surface area contributed by atoms with Gasteiger partial charge in [0.2, 0.25) is 0 Å². The molecule has 0 unspecified atom stereocenters. The van der Waals surface area contributed by atoms with Crippen molar-refractivity contribution in [2.24, 2.45) is 23.2 Å². The summed E-state index contributed by atoms with van der Waals surface area (Å²) in [6, 6.07) is 7.86. The van der Waals surface area contributed by atoms with Crippen molar-refractivity contribution in [3.05, 3.63) is 50.9 Å². The monoisotopic (exact) mass is 486 g/mol. The van der Waals surface area contributed by atoms with Gasteiger partial charge in [0.1, 0.15) is 11.0 Å². The first-order valence-corrected chi connectivity index (χ1v) is 11.8. The van der Waals surface area contributed by atoms with Gasteiger partial charge in [0.15, 0.2) is 5.78 Å². The van der Waals surface area contributed by atoms with E-state index in [0.717, 1.165) is 17.9 Å². The lowest BCUT2D eigenvalue weighted by molar-refractivity contribution is -0.119. The van der Waals surface area contributed by atoms with Gasteiger partial charge in [-0.05, 0) is 70.0 Å². The Kier molecular flexibility index (Phi) is 5.99. The molecule has 7 heteroatoms. The van der Waals surface area contributed by atoms with E-state index in [4.69, 9.17) is 5.73 Å². The minimum Gasteiger partial charge on any atom is -0.399 e. The van der Waals surface area contributed by atoms with Crippen molar-refractivity contribution < 1.29 is 4.79 Å². The average Bonchev–Trinajstić information content (AvgIpc) is 2.73. The van der Waals surface area contributed by atoms with Gasteiger partial charge in [-0.3, -0.25) is 9.59 Å². The quantitative estimate of drug-likeness (QED) is 0.570. The number of nitrogens with zero attached hydrogens (tertiary/aromatic N) is 2. The van der Waals surface area contributed by atoms with Gasteiger partial charge in [0, 0.05) is 18.2 Å². The van der Waals surface area contributed by atoms with Crippen molar-refractivity contribution in [2.45, 2.75) is 59.0 Å². The maximum Gasteiger partial charge on any atom is 0.283 e. The van der Waals surface area contributed by atoms with Crippen LogP contribution in [-0.4, -0.2) is 21.6 Å². The molecule has 0 amide bonds. The SMILES string of the molecule is C[C@H]1[C@H](Nc2cnn(CC(=O)CCc3ccccc3N)c(=O)c2Br)C[C@H]2C[C@@H]1C2(C)C. The Balaban J connectivity index is 1.39. The summed E-state index contributed by atoms with van der Waals surface area (Å²) >= 11 is 3.44. The van der Waals surface area contributed by atoms with Crippen LogP contribution in [0.4, 0.5) is 11.4 Å². The minimum absolute atomic E-state index is 0.0391. The number of hydrogen-bond donors (Lipinski definition) is 2. The Hall–Kier alpha value is -2.15. The summed E-state index contributed by atoms with van der Waals surface area (Å²) in [6.45, 7) is 7.02. The van der Waals surface area contributed by atoms with E-state index in [1.165, 1.54) is 11.1 Å². The number of fused-ring (bicyclic) bond motifs is 2. The lowest BCUT2D eigenvalue weighted by atomic mass is 9.45. The van der Waals surface area contributed by atoms with Crippen molar-refractivity contribution in [2.75, 3.05) is 11.1 Å². The molecule has 3 aliphatic carbocycles. The smallest absolute Gasteiger partial charge is 0.283 e. The Morgan fingerprint density at radius 2 is 2.06 bits per heavy atom. The molecule has 3 aliphatic rings. The Bertz CT molecular complexity index is 1050. The third-order valence-corrected chi connectivity index (χ3v) is 8.50. The van der Waals surface area contributed by atoms with Crippen LogP contribution < -0.4 is 16.6 Å². The number of aryl methyl sites for hydroxylation is 1. The highest BCUT2D eigenvalue weighted by molar-refractivity contribution is 9.10. The number of halogens is 1. The fraction of sp³-hybridized carbons (Fsp3) is 0.542. The Labute approximate surface area is 191 Å². The van der Waals surface area contributed by atoms with Crippen LogP contribution in [0.25, 0.3) is 0 Å². The second-order valence-corrected chi connectivity index (χ2v) is 10.6. The van der Waals surface area contributed by atoms with Crippen LogP contribution in [0.1, 0.15) is 45.6 Å². The van der Waals surface area contributed by atoms with E-state index < -0.39 is 0 Å². The van der Waals surface area contributed by atoms with Crippen LogP contribution in [0, 0.1) is 23.2 Å². The van der Waals surface area contributed by atoms with E-state index in [1.54, 1.807) is 6.20 Å². The highest BCUT2D eigenvalue weighted by atomic mass is 79.9. The Morgan fingerprint density at radius 3 is 2.74 bits per heavy atom. The van der Waals surface area contributed by atoms with Gasteiger partial charge >= 0.3 is 0 Å².